The number of benzene rings is 1. The number of carbonyl (C=O) groups is 2. The van der Waals surface area contributed by atoms with Gasteiger partial charge in [-0.3, -0.25) is 9.59 Å². The molecule has 0 unspecified atom stereocenters. The molecule has 1 aromatic carbocycles. The summed E-state index contributed by atoms with van der Waals surface area (Å²) in [6.45, 7) is 2.92. The van der Waals surface area contributed by atoms with Crippen LogP contribution < -0.4 is 10.6 Å². The molecule has 2 aliphatic heterocycles. The highest BCUT2D eigenvalue weighted by Crippen LogP contribution is 2.29. The van der Waals surface area contributed by atoms with Crippen LogP contribution in [0.3, 0.4) is 0 Å². The molecule has 3 heterocycles. The summed E-state index contributed by atoms with van der Waals surface area (Å²) < 4.78 is 4.49. The Morgan fingerprint density at radius 1 is 0.964 bits per heavy atom. The fourth-order valence-electron chi connectivity index (χ4n) is 4.01. The van der Waals surface area contributed by atoms with Crippen molar-refractivity contribution in [2.24, 2.45) is 17.6 Å². The smallest absolute Gasteiger partial charge is 0.225 e. The number of anilines is 1. The van der Waals surface area contributed by atoms with Crippen LogP contribution in [0.15, 0.2) is 30.3 Å². The number of primary amides is 1. The zero-order valence-electron chi connectivity index (χ0n) is 15.8. The van der Waals surface area contributed by atoms with Crippen LogP contribution in [0.1, 0.15) is 25.7 Å². The number of nitrogens with zero attached hydrogens (tertiary/aromatic N) is 4. The Morgan fingerprint density at radius 3 is 2.25 bits per heavy atom. The van der Waals surface area contributed by atoms with E-state index in [1.165, 1.54) is 11.5 Å². The molecule has 0 atom stereocenters. The van der Waals surface area contributed by atoms with Crippen molar-refractivity contribution in [3.8, 4) is 11.4 Å². The highest BCUT2D eigenvalue weighted by atomic mass is 32.1. The maximum Gasteiger partial charge on any atom is 0.225 e. The predicted molar refractivity (Wildman–Crippen MR) is 109 cm³/mol. The second-order valence-corrected chi connectivity index (χ2v) is 8.26. The van der Waals surface area contributed by atoms with Gasteiger partial charge in [0.1, 0.15) is 0 Å². The summed E-state index contributed by atoms with van der Waals surface area (Å²) >= 11 is 1.42. The maximum absolute atomic E-state index is 12.8. The molecule has 0 saturated carbocycles. The number of piperidine rings is 2. The summed E-state index contributed by atoms with van der Waals surface area (Å²) in [6.07, 6.45) is 3.03. The molecule has 28 heavy (non-hydrogen) atoms. The minimum Gasteiger partial charge on any atom is -0.369 e. The number of aromatic nitrogens is 2. The van der Waals surface area contributed by atoms with Gasteiger partial charge in [0.2, 0.25) is 16.9 Å². The summed E-state index contributed by atoms with van der Waals surface area (Å²) in [5.74, 6) is 0.721. The number of hydrogen-bond donors (Lipinski definition) is 1. The fraction of sp³-hybridized carbons (Fsp3) is 0.500. The number of hydrogen-bond acceptors (Lipinski definition) is 6. The SMILES string of the molecule is NC(=O)C1CCN(C(=O)C2CCN(c3nc(-c4ccccc4)ns3)CC2)CC1. The van der Waals surface area contributed by atoms with Crippen molar-refractivity contribution in [1.82, 2.24) is 14.3 Å². The molecule has 1 aromatic heterocycles. The molecular formula is C20H25N5O2S. The molecule has 2 N–H and O–H groups in total. The van der Waals surface area contributed by atoms with E-state index in [0.717, 1.165) is 42.5 Å². The molecule has 148 valence electrons. The van der Waals surface area contributed by atoms with E-state index in [1.54, 1.807) is 0 Å². The van der Waals surface area contributed by atoms with E-state index in [-0.39, 0.29) is 23.7 Å². The zero-order chi connectivity index (χ0) is 19.5. The summed E-state index contributed by atoms with van der Waals surface area (Å²) in [7, 11) is 0. The third-order valence-electron chi connectivity index (χ3n) is 5.77. The number of rotatable bonds is 4. The van der Waals surface area contributed by atoms with E-state index in [2.05, 4.69) is 14.3 Å². The summed E-state index contributed by atoms with van der Waals surface area (Å²) in [5, 5.41) is 0.923. The Hall–Kier alpha value is -2.48. The van der Waals surface area contributed by atoms with Gasteiger partial charge in [0.25, 0.3) is 0 Å². The van der Waals surface area contributed by atoms with Crippen LogP contribution in [-0.4, -0.2) is 52.3 Å². The molecular weight excluding hydrogens is 374 g/mol. The third-order valence-corrected chi connectivity index (χ3v) is 6.55. The van der Waals surface area contributed by atoms with Crippen LogP contribution in [0.25, 0.3) is 11.4 Å². The van der Waals surface area contributed by atoms with E-state index in [9.17, 15) is 9.59 Å². The lowest BCUT2D eigenvalue weighted by Gasteiger charge is -2.36. The maximum atomic E-state index is 12.8. The van der Waals surface area contributed by atoms with Crippen LogP contribution in [0.4, 0.5) is 5.13 Å². The van der Waals surface area contributed by atoms with Gasteiger partial charge < -0.3 is 15.5 Å². The molecule has 2 aliphatic rings. The van der Waals surface area contributed by atoms with Crippen LogP contribution >= 0.6 is 11.5 Å². The van der Waals surface area contributed by atoms with E-state index in [0.29, 0.717) is 25.9 Å². The van der Waals surface area contributed by atoms with E-state index in [1.807, 2.05) is 35.2 Å². The Bertz CT molecular complexity index is 824. The van der Waals surface area contributed by atoms with Gasteiger partial charge >= 0.3 is 0 Å². The number of likely N-dealkylation sites (tertiary alicyclic amines) is 1. The quantitative estimate of drug-likeness (QED) is 0.850. The van der Waals surface area contributed by atoms with Gasteiger partial charge in [-0.15, -0.1) is 0 Å². The molecule has 2 fully saturated rings. The highest BCUT2D eigenvalue weighted by Gasteiger charge is 2.32. The van der Waals surface area contributed by atoms with Crippen molar-refractivity contribution in [3.63, 3.8) is 0 Å². The largest absolute Gasteiger partial charge is 0.369 e. The van der Waals surface area contributed by atoms with Gasteiger partial charge in [-0.2, -0.15) is 9.36 Å². The molecule has 0 spiro atoms. The van der Waals surface area contributed by atoms with Crippen LogP contribution in [0, 0.1) is 11.8 Å². The first-order valence-corrected chi connectivity index (χ1v) is 10.6. The monoisotopic (exact) mass is 399 g/mol. The number of nitrogens with two attached hydrogens (primary N) is 1. The minimum absolute atomic E-state index is 0.0582. The first-order chi connectivity index (χ1) is 13.6. The van der Waals surface area contributed by atoms with Crippen LogP contribution in [0.5, 0.6) is 0 Å². The minimum atomic E-state index is -0.243. The standard InChI is InChI=1S/C20H25N5O2S/c21-17(26)14-6-10-24(11-7-14)19(27)16-8-12-25(13-9-16)20-22-18(23-28-20)15-4-2-1-3-5-15/h1-5,14,16H,6-13H2,(H2,21,26). The highest BCUT2D eigenvalue weighted by molar-refractivity contribution is 7.09. The topological polar surface area (TPSA) is 92.4 Å². The zero-order valence-corrected chi connectivity index (χ0v) is 16.6. The van der Waals surface area contributed by atoms with E-state index in [4.69, 9.17) is 5.73 Å². The van der Waals surface area contributed by atoms with Crippen molar-refractivity contribution < 1.29 is 9.59 Å². The van der Waals surface area contributed by atoms with Crippen molar-refractivity contribution >= 4 is 28.5 Å². The molecule has 8 heteroatoms. The molecule has 2 saturated heterocycles. The van der Waals surface area contributed by atoms with Crippen molar-refractivity contribution in [2.45, 2.75) is 25.7 Å². The second kappa shape index (κ2) is 8.26. The molecule has 4 rings (SSSR count). The molecule has 7 nitrogen and oxygen atoms in total. The van der Waals surface area contributed by atoms with Crippen molar-refractivity contribution in [3.05, 3.63) is 30.3 Å². The van der Waals surface area contributed by atoms with Gasteiger partial charge in [0.15, 0.2) is 5.82 Å². The number of amides is 2. The average molecular weight is 400 g/mol. The Morgan fingerprint density at radius 2 is 1.61 bits per heavy atom. The third kappa shape index (κ3) is 4.01. The van der Waals surface area contributed by atoms with E-state index >= 15 is 0 Å². The van der Waals surface area contributed by atoms with Gasteiger partial charge in [0.05, 0.1) is 0 Å². The average Bonchev–Trinajstić information content (AvgIpc) is 3.24. The molecule has 0 radical (unpaired) electrons. The second-order valence-electron chi connectivity index (χ2n) is 7.53. The van der Waals surface area contributed by atoms with E-state index < -0.39 is 0 Å². The molecule has 0 bridgehead atoms. The first-order valence-electron chi connectivity index (χ1n) is 9.84. The van der Waals surface area contributed by atoms with Crippen molar-refractivity contribution in [2.75, 3.05) is 31.1 Å². The summed E-state index contributed by atoms with van der Waals surface area (Å²) in [6, 6.07) is 9.98. The molecule has 0 aliphatic carbocycles. The Labute approximate surface area is 168 Å². The lowest BCUT2D eigenvalue weighted by molar-refractivity contribution is -0.139. The summed E-state index contributed by atoms with van der Waals surface area (Å²) in [5.41, 5.74) is 6.41. The lowest BCUT2D eigenvalue weighted by atomic mass is 9.92. The summed E-state index contributed by atoms with van der Waals surface area (Å²) in [4.78, 5) is 33.0. The predicted octanol–water partition coefficient (Wildman–Crippen LogP) is 2.15. The lowest BCUT2D eigenvalue weighted by Crippen LogP contribution is -2.46. The van der Waals surface area contributed by atoms with Crippen molar-refractivity contribution in [1.29, 1.82) is 0 Å². The van der Waals surface area contributed by atoms with Crippen LogP contribution in [0.2, 0.25) is 0 Å². The normalized spacial score (nSPS) is 19.0. The number of carbonyl (C=O) groups excluding carboxylic acids is 2. The van der Waals surface area contributed by atoms with Gasteiger partial charge in [-0.1, -0.05) is 30.3 Å². The molecule has 2 amide bonds. The first kappa shape index (κ1) is 18.9. The molecule has 2 aromatic rings. The Balaban J connectivity index is 1.31. The van der Waals surface area contributed by atoms with Gasteiger partial charge in [-0.25, -0.2) is 0 Å². The van der Waals surface area contributed by atoms with Gasteiger partial charge in [0, 0.05) is 55.1 Å². The van der Waals surface area contributed by atoms with Gasteiger partial charge in [-0.05, 0) is 25.7 Å². The Kier molecular flexibility index (Phi) is 5.57. The van der Waals surface area contributed by atoms with Crippen LogP contribution in [-0.2, 0) is 9.59 Å². The fourth-order valence-corrected chi connectivity index (χ4v) is 4.75.